The molecular weight excluding hydrogens is 460 g/mol. The molecule has 0 spiro atoms. The summed E-state index contributed by atoms with van der Waals surface area (Å²) in [5.41, 5.74) is 11.3. The van der Waals surface area contributed by atoms with Crippen molar-refractivity contribution < 1.29 is 0 Å². The quantitative estimate of drug-likeness (QED) is 0.264. The SMILES string of the molecule is C1=CC2C(C=C1c1ccc3[nH]c4ccccc4c3c1)c1ccccc1N2c1cccc(-c2ccccc2)c1. The molecule has 2 heterocycles. The van der Waals surface area contributed by atoms with Crippen LogP contribution in [0.15, 0.2) is 140 Å². The lowest BCUT2D eigenvalue weighted by Crippen LogP contribution is -2.29. The zero-order chi connectivity index (χ0) is 25.1. The molecule has 1 aliphatic heterocycles. The number of rotatable bonds is 3. The first-order valence-corrected chi connectivity index (χ1v) is 13.3. The van der Waals surface area contributed by atoms with Gasteiger partial charge in [-0.15, -0.1) is 0 Å². The molecule has 5 aromatic carbocycles. The molecular formula is C36H26N2. The molecule has 0 bridgehead atoms. The summed E-state index contributed by atoms with van der Waals surface area (Å²) in [5, 5.41) is 2.55. The standard InChI is InChI=1S/C36H26N2/c1-2-9-24(10-3-1)25-11-8-12-28(21-25)38-35-16-7-5-14-30(35)32-23-27(18-20-36(32)38)26-17-19-34-31(22-26)29-13-4-6-15-33(29)37-34/h1-23,32,36-37H. The van der Waals surface area contributed by atoms with Crippen LogP contribution in [0, 0.1) is 0 Å². The van der Waals surface area contributed by atoms with Crippen molar-refractivity contribution >= 4 is 38.8 Å². The van der Waals surface area contributed by atoms with Crippen molar-refractivity contribution in [2.45, 2.75) is 12.0 Å². The van der Waals surface area contributed by atoms with Crippen molar-refractivity contribution in [3.63, 3.8) is 0 Å². The molecule has 6 aromatic rings. The minimum absolute atomic E-state index is 0.249. The molecule has 0 saturated carbocycles. The first-order valence-electron chi connectivity index (χ1n) is 13.3. The molecule has 2 unspecified atom stereocenters. The molecule has 2 atom stereocenters. The molecule has 2 aliphatic rings. The normalized spacial score (nSPS) is 18.0. The molecule has 1 N–H and O–H groups in total. The topological polar surface area (TPSA) is 19.0 Å². The van der Waals surface area contributed by atoms with E-state index in [1.165, 1.54) is 61.0 Å². The number of hydrogen-bond acceptors (Lipinski definition) is 1. The van der Waals surface area contributed by atoms with E-state index in [0.717, 1.165) is 0 Å². The lowest BCUT2D eigenvalue weighted by molar-refractivity contribution is 0.747. The van der Waals surface area contributed by atoms with E-state index in [-0.39, 0.29) is 6.04 Å². The van der Waals surface area contributed by atoms with Gasteiger partial charge in [0.2, 0.25) is 0 Å². The molecule has 2 nitrogen and oxygen atoms in total. The van der Waals surface area contributed by atoms with Gasteiger partial charge in [-0.25, -0.2) is 0 Å². The summed E-state index contributed by atoms with van der Waals surface area (Å²) in [6.45, 7) is 0. The minimum atomic E-state index is 0.249. The van der Waals surface area contributed by atoms with E-state index in [2.05, 4.69) is 149 Å². The van der Waals surface area contributed by atoms with Crippen molar-refractivity contribution in [2.75, 3.05) is 4.90 Å². The Labute approximate surface area is 222 Å². The van der Waals surface area contributed by atoms with Crippen LogP contribution in [0.3, 0.4) is 0 Å². The van der Waals surface area contributed by atoms with Crippen LogP contribution in [0.5, 0.6) is 0 Å². The van der Waals surface area contributed by atoms with Gasteiger partial charge in [0.05, 0.1) is 6.04 Å². The van der Waals surface area contributed by atoms with Crippen LogP contribution in [0.25, 0.3) is 38.5 Å². The molecule has 0 amide bonds. The average molecular weight is 487 g/mol. The Morgan fingerprint density at radius 1 is 0.579 bits per heavy atom. The predicted molar refractivity (Wildman–Crippen MR) is 160 cm³/mol. The highest BCUT2D eigenvalue weighted by atomic mass is 15.2. The van der Waals surface area contributed by atoms with Gasteiger partial charge in [-0.05, 0) is 64.2 Å². The van der Waals surface area contributed by atoms with E-state index in [4.69, 9.17) is 0 Å². The highest BCUT2D eigenvalue weighted by Crippen LogP contribution is 2.49. The summed E-state index contributed by atoms with van der Waals surface area (Å²) in [6, 6.07) is 44.1. The zero-order valence-electron chi connectivity index (χ0n) is 20.9. The predicted octanol–water partition coefficient (Wildman–Crippen LogP) is 9.25. The Morgan fingerprint density at radius 3 is 2.32 bits per heavy atom. The second kappa shape index (κ2) is 8.36. The number of fused-ring (bicyclic) bond motifs is 6. The highest BCUT2D eigenvalue weighted by molar-refractivity contribution is 6.08. The third kappa shape index (κ3) is 3.27. The zero-order valence-corrected chi connectivity index (χ0v) is 20.9. The first kappa shape index (κ1) is 21.3. The number of allylic oxidation sites excluding steroid dienone is 2. The Bertz CT molecular complexity index is 1890. The molecule has 8 rings (SSSR count). The van der Waals surface area contributed by atoms with E-state index in [1.54, 1.807) is 0 Å². The van der Waals surface area contributed by atoms with Gasteiger partial charge in [0.1, 0.15) is 0 Å². The molecule has 1 aromatic heterocycles. The average Bonchev–Trinajstić information content (AvgIpc) is 3.53. The molecule has 0 fully saturated rings. The number of hydrogen-bond donors (Lipinski definition) is 1. The summed E-state index contributed by atoms with van der Waals surface area (Å²) < 4.78 is 0. The van der Waals surface area contributed by atoms with Crippen molar-refractivity contribution in [1.82, 2.24) is 4.98 Å². The van der Waals surface area contributed by atoms with Crippen LogP contribution >= 0.6 is 0 Å². The van der Waals surface area contributed by atoms with Crippen LogP contribution in [-0.4, -0.2) is 11.0 Å². The van der Waals surface area contributed by atoms with Gasteiger partial charge in [-0.1, -0.05) is 103 Å². The molecule has 0 radical (unpaired) electrons. The summed E-state index contributed by atoms with van der Waals surface area (Å²) >= 11 is 0. The van der Waals surface area contributed by atoms with Gasteiger partial charge < -0.3 is 9.88 Å². The fourth-order valence-electron chi connectivity index (χ4n) is 6.34. The van der Waals surface area contributed by atoms with Crippen LogP contribution in [0.4, 0.5) is 11.4 Å². The van der Waals surface area contributed by atoms with Crippen molar-refractivity contribution in [3.05, 3.63) is 151 Å². The maximum absolute atomic E-state index is 3.55. The van der Waals surface area contributed by atoms with E-state index in [0.29, 0.717) is 5.92 Å². The van der Waals surface area contributed by atoms with E-state index < -0.39 is 0 Å². The van der Waals surface area contributed by atoms with Gasteiger partial charge in [0.25, 0.3) is 0 Å². The monoisotopic (exact) mass is 486 g/mol. The van der Waals surface area contributed by atoms with Crippen molar-refractivity contribution in [3.8, 4) is 11.1 Å². The van der Waals surface area contributed by atoms with Crippen molar-refractivity contribution in [1.29, 1.82) is 0 Å². The Kier molecular flexibility index (Phi) is 4.68. The van der Waals surface area contributed by atoms with Crippen LogP contribution in [0.2, 0.25) is 0 Å². The summed E-state index contributed by atoms with van der Waals surface area (Å²) in [5.74, 6) is 0.297. The van der Waals surface area contributed by atoms with Gasteiger partial charge in [-0.3, -0.25) is 0 Å². The maximum Gasteiger partial charge on any atom is 0.0630 e. The number of para-hydroxylation sites is 2. The first-order chi connectivity index (χ1) is 18.8. The fraction of sp³-hybridized carbons (Fsp3) is 0.0556. The summed E-state index contributed by atoms with van der Waals surface area (Å²) in [4.78, 5) is 6.07. The van der Waals surface area contributed by atoms with Gasteiger partial charge in [-0.2, -0.15) is 0 Å². The maximum atomic E-state index is 3.55. The molecule has 38 heavy (non-hydrogen) atoms. The lowest BCUT2D eigenvalue weighted by Gasteiger charge is -2.30. The van der Waals surface area contributed by atoms with Gasteiger partial charge >= 0.3 is 0 Å². The van der Waals surface area contributed by atoms with E-state index in [1.807, 2.05) is 0 Å². The number of H-pyrrole nitrogens is 1. The van der Waals surface area contributed by atoms with Crippen LogP contribution in [0.1, 0.15) is 17.0 Å². The Morgan fingerprint density at radius 2 is 1.37 bits per heavy atom. The van der Waals surface area contributed by atoms with Crippen LogP contribution < -0.4 is 4.90 Å². The molecule has 180 valence electrons. The van der Waals surface area contributed by atoms with E-state index in [9.17, 15) is 0 Å². The second-order valence-electron chi connectivity index (χ2n) is 10.3. The number of aromatic amines is 1. The molecule has 2 heteroatoms. The van der Waals surface area contributed by atoms with Gasteiger partial charge in [0, 0.05) is 39.1 Å². The molecule has 1 aliphatic carbocycles. The van der Waals surface area contributed by atoms with E-state index >= 15 is 0 Å². The van der Waals surface area contributed by atoms with Crippen LogP contribution in [-0.2, 0) is 0 Å². The minimum Gasteiger partial charge on any atom is -0.355 e. The number of anilines is 2. The third-order valence-electron chi connectivity index (χ3n) is 8.12. The number of nitrogens with one attached hydrogen (secondary N) is 1. The third-order valence-corrected chi connectivity index (χ3v) is 8.12. The largest absolute Gasteiger partial charge is 0.355 e. The second-order valence-corrected chi connectivity index (χ2v) is 10.3. The Balaban J connectivity index is 1.21. The summed E-state index contributed by atoms with van der Waals surface area (Å²) in [6.07, 6.45) is 7.19. The highest BCUT2D eigenvalue weighted by Gasteiger charge is 2.38. The molecule has 0 saturated heterocycles. The number of nitrogens with zero attached hydrogens (tertiary/aromatic N) is 1. The summed E-state index contributed by atoms with van der Waals surface area (Å²) in [7, 11) is 0. The van der Waals surface area contributed by atoms with Gasteiger partial charge in [0.15, 0.2) is 0 Å². The van der Waals surface area contributed by atoms with Crippen molar-refractivity contribution in [2.24, 2.45) is 0 Å². The Hall–Kier alpha value is -4.82. The number of aromatic nitrogens is 1. The lowest BCUT2D eigenvalue weighted by atomic mass is 9.86. The fourth-order valence-corrected chi connectivity index (χ4v) is 6.34. The smallest absolute Gasteiger partial charge is 0.0630 e. The number of benzene rings is 5.